The van der Waals surface area contributed by atoms with E-state index in [4.69, 9.17) is 11.6 Å². The summed E-state index contributed by atoms with van der Waals surface area (Å²) in [5, 5.41) is 5.01. The van der Waals surface area contributed by atoms with Crippen molar-refractivity contribution in [3.05, 3.63) is 82.6 Å². The quantitative estimate of drug-likeness (QED) is 0.478. The van der Waals surface area contributed by atoms with Gasteiger partial charge in [-0.3, -0.25) is 0 Å². The van der Waals surface area contributed by atoms with Gasteiger partial charge in [-0.2, -0.15) is 0 Å². The summed E-state index contributed by atoms with van der Waals surface area (Å²) in [7, 11) is 0. The van der Waals surface area contributed by atoms with E-state index in [1.165, 1.54) is 11.1 Å². The topological polar surface area (TPSA) is 37.8 Å². The normalized spacial score (nSPS) is 10.6. The van der Waals surface area contributed by atoms with E-state index in [1.807, 2.05) is 30.3 Å². The fourth-order valence-electron chi connectivity index (χ4n) is 2.18. The molecule has 1 N–H and O–H groups in total. The van der Waals surface area contributed by atoms with Crippen molar-refractivity contribution in [2.45, 2.75) is 24.2 Å². The molecule has 0 aliphatic rings. The number of thioether (sulfide) groups is 1. The molecule has 3 aromatic rings. The van der Waals surface area contributed by atoms with Crippen LogP contribution in [0.2, 0.25) is 5.02 Å². The summed E-state index contributed by atoms with van der Waals surface area (Å²) in [6, 6.07) is 18.3. The molecule has 0 unspecified atom stereocenters. The molecule has 2 aromatic carbocycles. The minimum atomic E-state index is 0.638. The van der Waals surface area contributed by atoms with Crippen molar-refractivity contribution in [2.24, 2.45) is 0 Å². The molecule has 0 bridgehead atoms. The van der Waals surface area contributed by atoms with E-state index in [1.54, 1.807) is 18.1 Å². The fourth-order valence-corrected chi connectivity index (χ4v) is 3.21. The number of aromatic nitrogens is 2. The molecule has 0 radical (unpaired) electrons. The summed E-state index contributed by atoms with van der Waals surface area (Å²) >= 11 is 7.87. The third kappa shape index (κ3) is 4.73. The SMILES string of the molecule is Cc1ccc(CSc2cc(NCc3ccccc3Cl)ncn2)cc1. The molecule has 0 aliphatic heterocycles. The van der Waals surface area contributed by atoms with Crippen LogP contribution in [0.15, 0.2) is 66.0 Å². The Morgan fingerprint density at radius 3 is 2.62 bits per heavy atom. The van der Waals surface area contributed by atoms with Crippen LogP contribution in [0.1, 0.15) is 16.7 Å². The van der Waals surface area contributed by atoms with Crippen molar-refractivity contribution in [3.63, 3.8) is 0 Å². The number of nitrogens with zero attached hydrogens (tertiary/aromatic N) is 2. The lowest BCUT2D eigenvalue weighted by atomic mass is 10.2. The molecular weight excluding hydrogens is 338 g/mol. The average Bonchev–Trinajstić information content (AvgIpc) is 2.61. The molecule has 3 rings (SSSR count). The summed E-state index contributed by atoms with van der Waals surface area (Å²) in [5.41, 5.74) is 3.61. The first-order valence-corrected chi connectivity index (χ1v) is 9.05. The van der Waals surface area contributed by atoms with E-state index >= 15 is 0 Å². The molecule has 1 heterocycles. The summed E-state index contributed by atoms with van der Waals surface area (Å²) in [5.74, 6) is 1.69. The Morgan fingerprint density at radius 2 is 1.83 bits per heavy atom. The molecule has 0 fully saturated rings. The summed E-state index contributed by atoms with van der Waals surface area (Å²) in [4.78, 5) is 8.60. The van der Waals surface area contributed by atoms with Gasteiger partial charge in [-0.1, -0.05) is 59.6 Å². The Labute approximate surface area is 151 Å². The Bertz CT molecular complexity index is 806. The van der Waals surface area contributed by atoms with Gasteiger partial charge in [-0.05, 0) is 24.1 Å². The first-order valence-electron chi connectivity index (χ1n) is 7.68. The summed E-state index contributed by atoms with van der Waals surface area (Å²) in [6.07, 6.45) is 1.59. The van der Waals surface area contributed by atoms with Crippen LogP contribution >= 0.6 is 23.4 Å². The maximum absolute atomic E-state index is 6.17. The molecule has 5 heteroatoms. The summed E-state index contributed by atoms with van der Waals surface area (Å²) < 4.78 is 0. The number of halogens is 1. The number of nitrogens with one attached hydrogen (secondary N) is 1. The minimum absolute atomic E-state index is 0.638. The smallest absolute Gasteiger partial charge is 0.130 e. The maximum atomic E-state index is 6.17. The second kappa shape index (κ2) is 8.18. The van der Waals surface area contributed by atoms with Crippen LogP contribution in [0, 0.1) is 6.92 Å². The van der Waals surface area contributed by atoms with Crippen LogP contribution in [0.4, 0.5) is 5.82 Å². The van der Waals surface area contributed by atoms with Crippen LogP contribution < -0.4 is 5.32 Å². The molecule has 0 saturated heterocycles. The Balaban J connectivity index is 1.59. The van der Waals surface area contributed by atoms with E-state index < -0.39 is 0 Å². The maximum Gasteiger partial charge on any atom is 0.130 e. The molecule has 0 spiro atoms. The number of rotatable bonds is 6. The van der Waals surface area contributed by atoms with Gasteiger partial charge in [-0.25, -0.2) is 9.97 Å². The predicted octanol–water partition coefficient (Wildman–Crippen LogP) is 5.34. The lowest BCUT2D eigenvalue weighted by molar-refractivity contribution is 1.02. The molecule has 3 nitrogen and oxygen atoms in total. The second-order valence-corrected chi connectivity index (χ2v) is 6.86. The van der Waals surface area contributed by atoms with Crippen LogP contribution in [0.3, 0.4) is 0 Å². The third-order valence-electron chi connectivity index (χ3n) is 3.57. The van der Waals surface area contributed by atoms with Crippen molar-refractivity contribution in [3.8, 4) is 0 Å². The lowest BCUT2D eigenvalue weighted by Gasteiger charge is -2.08. The number of aryl methyl sites for hydroxylation is 1. The highest BCUT2D eigenvalue weighted by Crippen LogP contribution is 2.23. The predicted molar refractivity (Wildman–Crippen MR) is 102 cm³/mol. The lowest BCUT2D eigenvalue weighted by Crippen LogP contribution is -2.02. The minimum Gasteiger partial charge on any atom is -0.366 e. The Hall–Kier alpha value is -2.04. The van der Waals surface area contributed by atoms with Gasteiger partial charge in [0, 0.05) is 23.4 Å². The van der Waals surface area contributed by atoms with Crippen LogP contribution in [0.25, 0.3) is 0 Å². The monoisotopic (exact) mass is 355 g/mol. The fraction of sp³-hybridized carbons (Fsp3) is 0.158. The largest absolute Gasteiger partial charge is 0.366 e. The average molecular weight is 356 g/mol. The number of benzene rings is 2. The molecule has 0 atom stereocenters. The molecule has 0 amide bonds. The van der Waals surface area contributed by atoms with E-state index in [0.29, 0.717) is 6.54 Å². The zero-order valence-corrected chi connectivity index (χ0v) is 14.9. The van der Waals surface area contributed by atoms with Crippen molar-refractivity contribution in [1.82, 2.24) is 9.97 Å². The highest BCUT2D eigenvalue weighted by Gasteiger charge is 2.03. The van der Waals surface area contributed by atoms with E-state index in [0.717, 1.165) is 27.2 Å². The van der Waals surface area contributed by atoms with Gasteiger partial charge in [0.05, 0.1) is 0 Å². The van der Waals surface area contributed by atoms with E-state index in [9.17, 15) is 0 Å². The number of anilines is 1. The van der Waals surface area contributed by atoms with Crippen LogP contribution in [-0.2, 0) is 12.3 Å². The molecular formula is C19H18ClN3S. The van der Waals surface area contributed by atoms with Crippen molar-refractivity contribution < 1.29 is 0 Å². The van der Waals surface area contributed by atoms with Crippen LogP contribution in [0.5, 0.6) is 0 Å². The Morgan fingerprint density at radius 1 is 1.04 bits per heavy atom. The zero-order valence-electron chi connectivity index (χ0n) is 13.4. The summed E-state index contributed by atoms with van der Waals surface area (Å²) in [6.45, 7) is 2.73. The highest BCUT2D eigenvalue weighted by atomic mass is 35.5. The molecule has 0 aliphatic carbocycles. The van der Waals surface area contributed by atoms with E-state index in [-0.39, 0.29) is 0 Å². The van der Waals surface area contributed by atoms with Gasteiger partial charge >= 0.3 is 0 Å². The van der Waals surface area contributed by atoms with Gasteiger partial charge in [0.25, 0.3) is 0 Å². The standard InChI is InChI=1S/C19H18ClN3S/c1-14-6-8-15(9-7-14)12-24-19-10-18(22-13-23-19)21-11-16-4-2-3-5-17(16)20/h2-10,13H,11-12H2,1H3,(H,21,22,23). The van der Waals surface area contributed by atoms with Crippen molar-refractivity contribution >= 4 is 29.2 Å². The molecule has 1 aromatic heterocycles. The third-order valence-corrected chi connectivity index (χ3v) is 4.93. The van der Waals surface area contributed by atoms with Gasteiger partial charge in [0.1, 0.15) is 17.2 Å². The van der Waals surface area contributed by atoms with Gasteiger partial charge in [-0.15, -0.1) is 11.8 Å². The zero-order chi connectivity index (χ0) is 16.8. The van der Waals surface area contributed by atoms with Crippen LogP contribution in [-0.4, -0.2) is 9.97 Å². The van der Waals surface area contributed by atoms with Crippen molar-refractivity contribution in [1.29, 1.82) is 0 Å². The molecule has 24 heavy (non-hydrogen) atoms. The van der Waals surface area contributed by atoms with Crippen molar-refractivity contribution in [2.75, 3.05) is 5.32 Å². The molecule has 0 saturated carbocycles. The second-order valence-electron chi connectivity index (χ2n) is 5.46. The first-order chi connectivity index (χ1) is 11.7. The number of hydrogen-bond donors (Lipinski definition) is 1. The Kier molecular flexibility index (Phi) is 5.72. The van der Waals surface area contributed by atoms with Gasteiger partial charge in [0.2, 0.25) is 0 Å². The molecule has 122 valence electrons. The first kappa shape index (κ1) is 16.8. The van der Waals surface area contributed by atoms with Gasteiger partial charge < -0.3 is 5.32 Å². The van der Waals surface area contributed by atoms with E-state index in [2.05, 4.69) is 46.5 Å². The highest BCUT2D eigenvalue weighted by molar-refractivity contribution is 7.98. The number of hydrogen-bond acceptors (Lipinski definition) is 4. The van der Waals surface area contributed by atoms with Gasteiger partial charge in [0.15, 0.2) is 0 Å².